The molecule has 0 spiro atoms. The molecule has 3 nitrogen and oxygen atoms in total. The second-order valence-corrected chi connectivity index (χ2v) is 12.7. The molecule has 47 heavy (non-hydrogen) atoms. The standard InChI is InChI=1S/C44H31N3/c1-44-27-8-7-22-41(44)47(34-15-9-12-32(28-34)31-25-23-30(29-45)24-26-31)43-38(19-11-20-39(43)44)37-18-10-17-36-35-16-5-6-21-40(35)46(42(36)37)33-13-3-2-4-14-33/h2-28,41H,1H3. The summed E-state index contributed by atoms with van der Waals surface area (Å²) in [4.78, 5) is 2.55. The Bertz CT molecular complexity index is 2440. The minimum absolute atomic E-state index is 0.110. The van der Waals surface area contributed by atoms with Gasteiger partial charge in [0.2, 0.25) is 0 Å². The molecular weight excluding hydrogens is 571 g/mol. The van der Waals surface area contributed by atoms with Crippen molar-refractivity contribution in [3.05, 3.63) is 175 Å². The molecule has 7 aromatic rings. The minimum atomic E-state index is -0.204. The van der Waals surface area contributed by atoms with Gasteiger partial charge in [0.15, 0.2) is 0 Å². The monoisotopic (exact) mass is 601 g/mol. The number of benzene rings is 6. The van der Waals surface area contributed by atoms with E-state index in [2.05, 4.69) is 162 Å². The van der Waals surface area contributed by atoms with Crippen LogP contribution in [0.15, 0.2) is 164 Å². The van der Waals surface area contributed by atoms with Crippen LogP contribution in [0, 0.1) is 11.3 Å². The van der Waals surface area contributed by atoms with Crippen molar-refractivity contribution in [3.63, 3.8) is 0 Å². The molecule has 6 aromatic carbocycles. The Morgan fingerprint density at radius 1 is 0.638 bits per heavy atom. The van der Waals surface area contributed by atoms with Gasteiger partial charge in [0.25, 0.3) is 0 Å². The summed E-state index contributed by atoms with van der Waals surface area (Å²) >= 11 is 0. The molecule has 1 aliphatic heterocycles. The molecule has 0 N–H and O–H groups in total. The van der Waals surface area contributed by atoms with Crippen molar-refractivity contribution in [3.8, 4) is 34.0 Å². The Morgan fingerprint density at radius 2 is 1.36 bits per heavy atom. The highest BCUT2D eigenvalue weighted by Gasteiger charge is 2.47. The second-order valence-electron chi connectivity index (χ2n) is 12.7. The molecule has 2 aliphatic rings. The molecule has 1 aromatic heterocycles. The molecule has 0 bridgehead atoms. The Balaban J connectivity index is 1.32. The van der Waals surface area contributed by atoms with Gasteiger partial charge in [-0.2, -0.15) is 5.26 Å². The average molecular weight is 602 g/mol. The van der Waals surface area contributed by atoms with Crippen LogP contribution in [0.3, 0.4) is 0 Å². The molecule has 0 amide bonds. The molecule has 9 rings (SSSR count). The number of allylic oxidation sites excluding steroid dienone is 2. The Kier molecular flexibility index (Phi) is 6.07. The van der Waals surface area contributed by atoms with E-state index in [1.807, 2.05) is 24.3 Å². The quantitative estimate of drug-likeness (QED) is 0.201. The number of para-hydroxylation sites is 4. The average Bonchev–Trinajstić information content (AvgIpc) is 3.62. The van der Waals surface area contributed by atoms with Crippen LogP contribution in [-0.4, -0.2) is 10.6 Å². The SMILES string of the molecule is CC12C=CC=CC1N(c1cccc(-c3ccc(C#N)cc3)c1)c1c(-c3cccc4c5ccccc5n(-c5ccccc5)c34)cccc12. The van der Waals surface area contributed by atoms with Crippen LogP contribution < -0.4 is 4.90 Å². The van der Waals surface area contributed by atoms with Gasteiger partial charge in [0.05, 0.1) is 34.4 Å². The first-order valence-corrected chi connectivity index (χ1v) is 16.1. The van der Waals surface area contributed by atoms with Gasteiger partial charge in [0, 0.05) is 38.7 Å². The summed E-state index contributed by atoms with van der Waals surface area (Å²) in [5, 5.41) is 11.8. The molecule has 222 valence electrons. The van der Waals surface area contributed by atoms with E-state index in [1.165, 1.54) is 44.2 Å². The van der Waals surface area contributed by atoms with Gasteiger partial charge in [-0.25, -0.2) is 0 Å². The molecule has 2 unspecified atom stereocenters. The lowest BCUT2D eigenvalue weighted by Gasteiger charge is -2.35. The van der Waals surface area contributed by atoms with Gasteiger partial charge in [-0.1, -0.05) is 121 Å². The molecule has 0 saturated carbocycles. The number of fused-ring (bicyclic) bond motifs is 6. The van der Waals surface area contributed by atoms with Crippen LogP contribution in [0.4, 0.5) is 11.4 Å². The molecular formula is C44H31N3. The molecule has 0 fully saturated rings. The smallest absolute Gasteiger partial charge is 0.0991 e. The summed E-state index contributed by atoms with van der Waals surface area (Å²) in [5.74, 6) is 0. The van der Waals surface area contributed by atoms with E-state index >= 15 is 0 Å². The van der Waals surface area contributed by atoms with Crippen LogP contribution in [0.25, 0.3) is 49.7 Å². The number of hydrogen-bond acceptors (Lipinski definition) is 2. The van der Waals surface area contributed by atoms with Crippen molar-refractivity contribution in [1.82, 2.24) is 4.57 Å². The van der Waals surface area contributed by atoms with E-state index in [4.69, 9.17) is 0 Å². The van der Waals surface area contributed by atoms with Crippen molar-refractivity contribution >= 4 is 33.2 Å². The Morgan fingerprint density at radius 3 is 2.21 bits per heavy atom. The third-order valence-corrected chi connectivity index (χ3v) is 10.1. The van der Waals surface area contributed by atoms with Gasteiger partial charge in [-0.05, 0) is 66.1 Å². The highest BCUT2D eigenvalue weighted by atomic mass is 15.2. The largest absolute Gasteiger partial charge is 0.332 e. The highest BCUT2D eigenvalue weighted by molar-refractivity contribution is 6.15. The van der Waals surface area contributed by atoms with E-state index < -0.39 is 0 Å². The van der Waals surface area contributed by atoms with Crippen molar-refractivity contribution in [2.45, 2.75) is 18.4 Å². The molecule has 3 heteroatoms. The van der Waals surface area contributed by atoms with E-state index in [0.29, 0.717) is 5.56 Å². The maximum Gasteiger partial charge on any atom is 0.0991 e. The lowest BCUT2D eigenvalue weighted by atomic mass is 9.75. The van der Waals surface area contributed by atoms with E-state index in [-0.39, 0.29) is 11.5 Å². The van der Waals surface area contributed by atoms with Crippen molar-refractivity contribution in [2.24, 2.45) is 0 Å². The van der Waals surface area contributed by atoms with Crippen LogP contribution in [0.2, 0.25) is 0 Å². The summed E-state index contributed by atoms with van der Waals surface area (Å²) in [7, 11) is 0. The van der Waals surface area contributed by atoms with Crippen LogP contribution in [0.1, 0.15) is 18.1 Å². The van der Waals surface area contributed by atoms with Gasteiger partial charge in [0.1, 0.15) is 0 Å². The summed E-state index contributed by atoms with van der Waals surface area (Å²) in [6, 6.07) is 52.1. The first-order chi connectivity index (χ1) is 23.2. The van der Waals surface area contributed by atoms with Gasteiger partial charge < -0.3 is 9.47 Å². The molecule has 1 aliphatic carbocycles. The zero-order valence-electron chi connectivity index (χ0n) is 26.0. The minimum Gasteiger partial charge on any atom is -0.332 e. The van der Waals surface area contributed by atoms with E-state index in [0.717, 1.165) is 22.5 Å². The lowest BCUT2D eigenvalue weighted by molar-refractivity contribution is 0.551. The Hall–Kier alpha value is -6.11. The number of rotatable bonds is 4. The first kappa shape index (κ1) is 27.2. The third kappa shape index (κ3) is 4.05. The van der Waals surface area contributed by atoms with Crippen molar-refractivity contribution in [2.75, 3.05) is 4.90 Å². The van der Waals surface area contributed by atoms with Gasteiger partial charge >= 0.3 is 0 Å². The summed E-state index contributed by atoms with van der Waals surface area (Å²) < 4.78 is 2.43. The number of anilines is 2. The summed E-state index contributed by atoms with van der Waals surface area (Å²) in [5.41, 5.74) is 12.4. The predicted molar refractivity (Wildman–Crippen MR) is 194 cm³/mol. The normalized spacial score (nSPS) is 18.0. The first-order valence-electron chi connectivity index (χ1n) is 16.1. The fraction of sp³-hybridized carbons (Fsp3) is 0.0682. The molecule has 0 saturated heterocycles. The summed E-state index contributed by atoms with van der Waals surface area (Å²) in [6.45, 7) is 2.37. The zero-order valence-corrected chi connectivity index (χ0v) is 26.0. The fourth-order valence-corrected chi connectivity index (χ4v) is 7.86. The van der Waals surface area contributed by atoms with Crippen molar-refractivity contribution < 1.29 is 0 Å². The lowest BCUT2D eigenvalue weighted by Crippen LogP contribution is -2.39. The van der Waals surface area contributed by atoms with E-state index in [9.17, 15) is 5.26 Å². The van der Waals surface area contributed by atoms with Crippen LogP contribution in [-0.2, 0) is 5.41 Å². The van der Waals surface area contributed by atoms with Crippen molar-refractivity contribution in [1.29, 1.82) is 5.26 Å². The maximum absolute atomic E-state index is 9.35. The molecule has 2 heterocycles. The fourth-order valence-electron chi connectivity index (χ4n) is 7.86. The second kappa shape index (κ2) is 10.5. The Labute approximate surface area is 274 Å². The zero-order chi connectivity index (χ0) is 31.5. The van der Waals surface area contributed by atoms with Crippen LogP contribution >= 0.6 is 0 Å². The summed E-state index contributed by atoms with van der Waals surface area (Å²) in [6.07, 6.45) is 9.09. The predicted octanol–water partition coefficient (Wildman–Crippen LogP) is 10.9. The maximum atomic E-state index is 9.35. The number of nitriles is 1. The number of aromatic nitrogens is 1. The third-order valence-electron chi connectivity index (χ3n) is 10.1. The van der Waals surface area contributed by atoms with Crippen LogP contribution in [0.5, 0.6) is 0 Å². The van der Waals surface area contributed by atoms with E-state index in [1.54, 1.807) is 0 Å². The molecule has 2 atom stereocenters. The van der Waals surface area contributed by atoms with Gasteiger partial charge in [-0.15, -0.1) is 0 Å². The highest BCUT2D eigenvalue weighted by Crippen LogP contribution is 2.55. The number of hydrogen-bond donors (Lipinski definition) is 0. The van der Waals surface area contributed by atoms with Gasteiger partial charge in [-0.3, -0.25) is 0 Å². The topological polar surface area (TPSA) is 32.0 Å². The molecule has 0 radical (unpaired) electrons. The number of nitrogens with zero attached hydrogens (tertiary/aromatic N) is 3.